The van der Waals surface area contributed by atoms with Crippen LogP contribution in [0.4, 0.5) is 0 Å². The van der Waals surface area contributed by atoms with Gasteiger partial charge in [-0.3, -0.25) is 19.3 Å². The Labute approximate surface area is 309 Å². The van der Waals surface area contributed by atoms with Gasteiger partial charge in [0.1, 0.15) is 11.4 Å². The first-order valence-electron chi connectivity index (χ1n) is 16.3. The molecule has 1 aromatic heterocycles. The van der Waals surface area contributed by atoms with Gasteiger partial charge in [0.25, 0.3) is 5.91 Å². The molecule has 0 aliphatic heterocycles. The van der Waals surface area contributed by atoms with E-state index >= 15 is 0 Å². The molecule has 8 N–H and O–H groups in total. The Balaban J connectivity index is 0.00000235. The molecule has 1 heterocycles. The summed E-state index contributed by atoms with van der Waals surface area (Å²) >= 11 is 6.79. The molecule has 0 radical (unpaired) electrons. The highest BCUT2D eigenvalue weighted by Gasteiger charge is 2.21. The van der Waals surface area contributed by atoms with Crippen LogP contribution in [0.1, 0.15) is 52.6 Å². The van der Waals surface area contributed by atoms with Gasteiger partial charge in [0, 0.05) is 54.1 Å². The summed E-state index contributed by atoms with van der Waals surface area (Å²) in [6.07, 6.45) is 3.89. The first-order valence-corrected chi connectivity index (χ1v) is 16.7. The average Bonchev–Trinajstić information content (AvgIpc) is 3.56. The Morgan fingerprint density at radius 3 is 2.37 bits per heavy atom. The summed E-state index contributed by atoms with van der Waals surface area (Å²) in [6.45, 7) is 5.47. The molecule has 0 saturated carbocycles. The molecule has 52 heavy (non-hydrogen) atoms. The number of aromatic nitrogens is 2. The summed E-state index contributed by atoms with van der Waals surface area (Å²) in [5.41, 5.74) is 18.1. The molecule has 0 saturated heterocycles. The Morgan fingerprint density at radius 2 is 1.75 bits per heavy atom. The van der Waals surface area contributed by atoms with Crippen LogP contribution in [-0.2, 0) is 27.7 Å². The highest BCUT2D eigenvalue weighted by atomic mass is 35.5. The number of nitrogens with zero attached hydrogens (tertiary/aromatic N) is 4. The molecule has 0 aliphatic carbocycles. The molecule has 0 spiro atoms. The molecule has 0 aliphatic rings. The van der Waals surface area contributed by atoms with Gasteiger partial charge in [-0.15, -0.1) is 0 Å². The Hall–Kier alpha value is -5.63. The SMILES string of the molecule is COCCOCCN=C/C(=N\N)c1cccc(-c2ccc(Cl)c(CC(NC(=O)c3ccnn3C)c3ccc(/C(C(C)=N)=C(\C)N)cc3)c2)c1.NC=O. The van der Waals surface area contributed by atoms with Crippen molar-refractivity contribution in [1.29, 1.82) is 5.41 Å². The smallest absolute Gasteiger partial charge is 0.270 e. The number of carbonyl (C=O) groups is 2. The Bertz CT molecular complexity index is 1900. The molecular formula is C38H46ClN9O4. The van der Waals surface area contributed by atoms with E-state index in [9.17, 15) is 4.79 Å². The van der Waals surface area contributed by atoms with Crippen LogP contribution in [0, 0.1) is 5.41 Å². The molecule has 4 aromatic rings. The second-order valence-corrected chi connectivity index (χ2v) is 12.0. The minimum Gasteiger partial charge on any atom is -0.402 e. The van der Waals surface area contributed by atoms with Crippen molar-refractivity contribution in [3.63, 3.8) is 0 Å². The summed E-state index contributed by atoms with van der Waals surface area (Å²) in [6, 6.07) is 22.7. The highest BCUT2D eigenvalue weighted by Crippen LogP contribution is 2.30. The van der Waals surface area contributed by atoms with Gasteiger partial charge in [0.15, 0.2) is 0 Å². The largest absolute Gasteiger partial charge is 0.402 e. The van der Waals surface area contributed by atoms with Crippen LogP contribution in [0.15, 0.2) is 94.8 Å². The number of nitrogens with one attached hydrogen (secondary N) is 2. The predicted molar refractivity (Wildman–Crippen MR) is 208 cm³/mol. The topological polar surface area (TPSA) is 209 Å². The minimum atomic E-state index is -0.436. The van der Waals surface area contributed by atoms with E-state index in [1.807, 2.05) is 66.7 Å². The first kappa shape index (κ1) is 40.8. The van der Waals surface area contributed by atoms with E-state index in [0.29, 0.717) is 66.2 Å². The van der Waals surface area contributed by atoms with E-state index < -0.39 is 6.04 Å². The standard InChI is InChI=1S/C37H43ClN8O3.CH3NO/c1-24(39)36(25(2)40)27-10-8-26(9-11-27)33(44-37(47)35-14-15-43-46(35)3)22-31-21-29(12-13-32(31)38)28-6-5-7-30(20-28)34(45-41)23-42-16-17-49-19-18-48-4;2-1-3/h5-15,20-21,23,33,39H,16-19,22,40-41H2,1-4H3,(H,44,47);1H,(H2,2,3)/b36-25+,39-24?,42-23?,45-34+;. The number of hydrogen-bond acceptors (Lipinski definition) is 10. The van der Waals surface area contributed by atoms with Crippen molar-refractivity contribution in [3.8, 4) is 11.1 Å². The summed E-state index contributed by atoms with van der Waals surface area (Å²) in [5, 5.41) is 20.0. The first-order chi connectivity index (χ1) is 25.0. The molecule has 1 atom stereocenters. The number of aliphatic imine (C=N–C) groups is 1. The van der Waals surface area contributed by atoms with Gasteiger partial charge in [-0.05, 0) is 72.4 Å². The van der Waals surface area contributed by atoms with Crippen LogP contribution in [0.2, 0.25) is 5.02 Å². The van der Waals surface area contributed by atoms with Gasteiger partial charge < -0.3 is 37.5 Å². The maximum atomic E-state index is 13.4. The number of methoxy groups -OCH3 is 1. The van der Waals surface area contributed by atoms with Crippen LogP contribution >= 0.6 is 11.6 Å². The average molecular weight is 728 g/mol. The lowest BCUT2D eigenvalue weighted by atomic mass is 9.93. The summed E-state index contributed by atoms with van der Waals surface area (Å²) < 4.78 is 12.0. The number of halogens is 1. The van der Waals surface area contributed by atoms with Crippen molar-refractivity contribution in [2.45, 2.75) is 26.3 Å². The van der Waals surface area contributed by atoms with Gasteiger partial charge >= 0.3 is 0 Å². The number of hydrazone groups is 1. The lowest BCUT2D eigenvalue weighted by molar-refractivity contribution is -0.106. The lowest BCUT2D eigenvalue weighted by Gasteiger charge is -2.21. The van der Waals surface area contributed by atoms with E-state index in [-0.39, 0.29) is 12.3 Å². The fraction of sp³-hybridized carbons (Fsp3) is 0.263. The number of allylic oxidation sites excluding steroid dienone is 2. The summed E-state index contributed by atoms with van der Waals surface area (Å²) in [7, 11) is 3.35. The maximum absolute atomic E-state index is 13.4. The van der Waals surface area contributed by atoms with E-state index in [2.05, 4.69) is 26.2 Å². The number of amides is 2. The Morgan fingerprint density at radius 1 is 1.04 bits per heavy atom. The zero-order valence-electron chi connectivity index (χ0n) is 29.8. The molecule has 14 heteroatoms. The van der Waals surface area contributed by atoms with E-state index in [1.165, 1.54) is 4.68 Å². The minimum absolute atomic E-state index is 0.250. The molecule has 2 amide bonds. The van der Waals surface area contributed by atoms with Gasteiger partial charge in [-0.25, -0.2) is 0 Å². The maximum Gasteiger partial charge on any atom is 0.270 e. The third-order valence-electron chi connectivity index (χ3n) is 7.84. The number of primary amides is 1. The van der Waals surface area contributed by atoms with Crippen LogP contribution < -0.4 is 22.6 Å². The number of carbonyl (C=O) groups excluding carboxylic acids is 2. The second kappa shape index (κ2) is 20.9. The zero-order chi connectivity index (χ0) is 38.0. The quantitative estimate of drug-likeness (QED) is 0.0361. The van der Waals surface area contributed by atoms with E-state index in [0.717, 1.165) is 33.4 Å². The summed E-state index contributed by atoms with van der Waals surface area (Å²) in [4.78, 5) is 26.4. The molecule has 0 fully saturated rings. The normalized spacial score (nSPS) is 12.4. The van der Waals surface area contributed by atoms with Gasteiger partial charge in [-0.2, -0.15) is 10.2 Å². The highest BCUT2D eigenvalue weighted by molar-refractivity contribution is 6.38. The van der Waals surface area contributed by atoms with Crippen molar-refractivity contribution in [1.82, 2.24) is 15.1 Å². The molecule has 274 valence electrons. The third kappa shape index (κ3) is 11.7. The number of nitrogens with two attached hydrogens (primary N) is 3. The fourth-order valence-corrected chi connectivity index (χ4v) is 5.58. The molecule has 4 rings (SSSR count). The number of rotatable bonds is 16. The van der Waals surface area contributed by atoms with Crippen molar-refractivity contribution in [2.75, 3.05) is 33.5 Å². The van der Waals surface area contributed by atoms with Gasteiger partial charge in [-0.1, -0.05) is 60.1 Å². The van der Waals surface area contributed by atoms with Gasteiger partial charge in [0.2, 0.25) is 6.41 Å². The molecular weight excluding hydrogens is 682 g/mol. The fourth-order valence-electron chi connectivity index (χ4n) is 5.39. The molecule has 1 unspecified atom stereocenters. The van der Waals surface area contributed by atoms with Crippen LogP contribution in [0.5, 0.6) is 0 Å². The lowest BCUT2D eigenvalue weighted by Crippen LogP contribution is -2.31. The zero-order valence-corrected chi connectivity index (χ0v) is 30.6. The van der Waals surface area contributed by atoms with E-state index in [4.69, 9.17) is 42.9 Å². The summed E-state index contributed by atoms with van der Waals surface area (Å²) in [5.74, 6) is 5.48. The van der Waals surface area contributed by atoms with Crippen LogP contribution in [-0.4, -0.2) is 73.2 Å². The third-order valence-corrected chi connectivity index (χ3v) is 8.21. The number of benzene rings is 3. The van der Waals surface area contributed by atoms with Crippen molar-refractivity contribution < 1.29 is 19.1 Å². The molecule has 0 bridgehead atoms. The number of hydrogen-bond donors (Lipinski definition) is 5. The van der Waals surface area contributed by atoms with Gasteiger partial charge in [0.05, 0.1) is 32.4 Å². The number of aryl methyl sites for hydroxylation is 1. The predicted octanol–water partition coefficient (Wildman–Crippen LogP) is 4.68. The number of ether oxygens (including phenoxy) is 2. The molecule has 13 nitrogen and oxygen atoms in total. The van der Waals surface area contributed by atoms with Crippen molar-refractivity contribution in [3.05, 3.63) is 118 Å². The molecule has 3 aromatic carbocycles. The van der Waals surface area contributed by atoms with Crippen LogP contribution in [0.3, 0.4) is 0 Å². The van der Waals surface area contributed by atoms with Crippen LogP contribution in [0.25, 0.3) is 16.7 Å². The van der Waals surface area contributed by atoms with Crippen molar-refractivity contribution >= 4 is 47.1 Å². The van der Waals surface area contributed by atoms with E-state index in [1.54, 1.807) is 46.5 Å². The monoisotopic (exact) mass is 727 g/mol. The Kier molecular flexibility index (Phi) is 16.4. The van der Waals surface area contributed by atoms with Crippen molar-refractivity contribution in [2.24, 2.45) is 34.5 Å². The second-order valence-electron chi connectivity index (χ2n) is 11.6.